The smallest absolute Gasteiger partial charge is 0.354 e. The molecule has 0 spiro atoms. The molecule has 11 nitrogen and oxygen atoms in total. The molecule has 0 atom stereocenters. The number of hydrogen-bond acceptors (Lipinski definition) is 8. The first-order chi connectivity index (χ1) is 18.1. The highest BCUT2D eigenvalue weighted by Gasteiger charge is 2.24. The van der Waals surface area contributed by atoms with E-state index in [0.717, 1.165) is 6.07 Å². The van der Waals surface area contributed by atoms with E-state index in [2.05, 4.69) is 14.8 Å². The first kappa shape index (κ1) is 29.0. The van der Waals surface area contributed by atoms with Gasteiger partial charge < -0.3 is 25.7 Å². The van der Waals surface area contributed by atoms with E-state index in [9.17, 15) is 27.9 Å². The average molecular weight is 553 g/mol. The molecular weight excluding hydrogens is 524 g/mol. The molecule has 0 aliphatic carbocycles. The van der Waals surface area contributed by atoms with Gasteiger partial charge in [0.05, 0.1) is 17.4 Å². The Morgan fingerprint density at radius 2 is 1.51 bits per heavy atom. The third-order valence-corrected chi connectivity index (χ3v) is 5.78. The summed E-state index contributed by atoms with van der Waals surface area (Å²) >= 11 is 0. The molecule has 2 amide bonds. The molecular formula is C27H28N4O7S. The summed E-state index contributed by atoms with van der Waals surface area (Å²) in [4.78, 5) is 38.8. The number of nitrogens with two attached hydrogens (primary N) is 1. The van der Waals surface area contributed by atoms with Gasteiger partial charge in [-0.25, -0.2) is 4.79 Å². The summed E-state index contributed by atoms with van der Waals surface area (Å²) in [6.45, 7) is 2.93. The van der Waals surface area contributed by atoms with Crippen LogP contribution in [0.1, 0.15) is 50.5 Å². The highest BCUT2D eigenvalue weighted by Crippen LogP contribution is 2.30. The van der Waals surface area contributed by atoms with Crippen LogP contribution in [0, 0.1) is 5.41 Å². The summed E-state index contributed by atoms with van der Waals surface area (Å²) in [6.07, 6.45) is 0.712. The van der Waals surface area contributed by atoms with Crippen LogP contribution >= 0.6 is 0 Å². The van der Waals surface area contributed by atoms with Crippen LogP contribution in [0.25, 0.3) is 11.1 Å². The van der Waals surface area contributed by atoms with Crippen LogP contribution < -0.4 is 16.4 Å². The number of amidine groups is 1. The van der Waals surface area contributed by atoms with E-state index in [1.807, 2.05) is 0 Å². The van der Waals surface area contributed by atoms with Crippen LogP contribution in [-0.2, 0) is 14.3 Å². The van der Waals surface area contributed by atoms with Crippen LogP contribution in [0.5, 0.6) is 0 Å². The second-order valence-corrected chi connectivity index (χ2v) is 10.9. The van der Waals surface area contributed by atoms with Gasteiger partial charge in [-0.15, -0.1) is 0 Å². The van der Waals surface area contributed by atoms with Gasteiger partial charge in [0.25, 0.3) is 11.8 Å². The minimum atomic E-state index is -4.20. The van der Waals surface area contributed by atoms with Crippen molar-refractivity contribution < 1.29 is 32.1 Å². The molecule has 0 unspecified atom stereocenters. The quantitative estimate of drug-likeness (QED) is 0.152. The standard InChI is InChI=1S/C27H28N4O7S/c1-27(2,35)15-30-24(32)17-10-13-20(22(14-17)26(34)38-39(3,36)37)19-6-4-5-7-21(19)25(33)31-18-11-8-16(9-12-18)23(28)29/h4-14,35H,15H2,1-3H3,(H3,28,29)(H,30,32)(H,31,33). The van der Waals surface area contributed by atoms with Crippen LogP contribution in [0.4, 0.5) is 5.69 Å². The summed E-state index contributed by atoms with van der Waals surface area (Å²) in [7, 11) is -4.20. The minimum absolute atomic E-state index is 0.0101. The zero-order valence-electron chi connectivity index (χ0n) is 21.4. The lowest BCUT2D eigenvalue weighted by molar-refractivity contribution is 0.0693. The van der Waals surface area contributed by atoms with Crippen LogP contribution in [0.15, 0.2) is 66.7 Å². The van der Waals surface area contributed by atoms with E-state index in [4.69, 9.17) is 11.1 Å². The Morgan fingerprint density at radius 3 is 2.10 bits per heavy atom. The Kier molecular flexibility index (Phi) is 8.52. The molecule has 0 saturated heterocycles. The maximum absolute atomic E-state index is 13.2. The summed E-state index contributed by atoms with van der Waals surface area (Å²) < 4.78 is 28.0. The molecule has 6 N–H and O–H groups in total. The van der Waals surface area contributed by atoms with Gasteiger partial charge in [-0.2, -0.15) is 8.42 Å². The number of anilines is 1. The minimum Gasteiger partial charge on any atom is -0.389 e. The van der Waals surface area contributed by atoms with Gasteiger partial charge in [0.2, 0.25) is 0 Å². The van der Waals surface area contributed by atoms with E-state index in [0.29, 0.717) is 17.5 Å². The largest absolute Gasteiger partial charge is 0.389 e. The number of nitrogens with one attached hydrogen (secondary N) is 3. The Labute approximate surface area is 225 Å². The second-order valence-electron chi connectivity index (χ2n) is 9.32. The van der Waals surface area contributed by atoms with E-state index in [1.54, 1.807) is 42.5 Å². The van der Waals surface area contributed by atoms with E-state index in [-0.39, 0.29) is 40.2 Å². The lowest BCUT2D eigenvalue weighted by atomic mass is 9.93. The van der Waals surface area contributed by atoms with Crippen molar-refractivity contribution in [1.29, 1.82) is 5.41 Å². The molecule has 0 heterocycles. The van der Waals surface area contributed by atoms with Crippen molar-refractivity contribution >= 4 is 39.4 Å². The maximum Gasteiger partial charge on any atom is 0.354 e. The first-order valence-electron chi connectivity index (χ1n) is 11.6. The molecule has 204 valence electrons. The zero-order chi connectivity index (χ0) is 29.0. The monoisotopic (exact) mass is 552 g/mol. The van der Waals surface area contributed by atoms with Crippen LogP contribution in [0.3, 0.4) is 0 Å². The van der Waals surface area contributed by atoms with Crippen molar-refractivity contribution in [2.24, 2.45) is 5.73 Å². The van der Waals surface area contributed by atoms with Gasteiger partial charge >= 0.3 is 16.1 Å². The number of carbonyl (C=O) groups is 3. The van der Waals surface area contributed by atoms with E-state index < -0.39 is 33.5 Å². The molecule has 0 aliphatic rings. The molecule has 3 aromatic carbocycles. The second kappa shape index (κ2) is 11.5. The van der Waals surface area contributed by atoms with Crippen molar-refractivity contribution in [2.45, 2.75) is 19.4 Å². The van der Waals surface area contributed by atoms with Crippen molar-refractivity contribution in [3.05, 3.63) is 89.0 Å². The SMILES string of the molecule is CC(C)(O)CNC(=O)c1ccc(-c2ccccc2C(=O)Nc2ccc(C(=N)N)cc2)c(C(=O)OS(C)(=O)=O)c1. The number of hydrogen-bond donors (Lipinski definition) is 5. The number of amides is 2. The molecule has 0 saturated carbocycles. The summed E-state index contributed by atoms with van der Waals surface area (Å²) in [5, 5.41) is 22.6. The Bertz CT molecular complexity index is 1540. The fourth-order valence-corrected chi connectivity index (χ4v) is 3.88. The Morgan fingerprint density at radius 1 is 0.923 bits per heavy atom. The number of rotatable bonds is 9. The van der Waals surface area contributed by atoms with Gasteiger partial charge in [-0.05, 0) is 67.4 Å². The van der Waals surface area contributed by atoms with Gasteiger partial charge in [0.1, 0.15) is 5.84 Å². The molecule has 0 aromatic heterocycles. The average Bonchev–Trinajstić information content (AvgIpc) is 2.85. The zero-order valence-corrected chi connectivity index (χ0v) is 22.3. The van der Waals surface area contributed by atoms with Crippen molar-refractivity contribution in [3.8, 4) is 11.1 Å². The number of nitrogen functional groups attached to an aromatic ring is 1. The Hall–Kier alpha value is -4.55. The fraction of sp³-hybridized carbons (Fsp3) is 0.185. The van der Waals surface area contributed by atoms with Gasteiger partial charge in [-0.3, -0.25) is 15.0 Å². The molecule has 39 heavy (non-hydrogen) atoms. The molecule has 0 bridgehead atoms. The maximum atomic E-state index is 13.2. The van der Waals surface area contributed by atoms with Gasteiger partial charge in [0, 0.05) is 28.9 Å². The molecule has 0 fully saturated rings. The molecule has 0 aliphatic heterocycles. The molecule has 12 heteroatoms. The van der Waals surface area contributed by atoms with Crippen molar-refractivity contribution in [1.82, 2.24) is 5.32 Å². The fourth-order valence-electron chi connectivity index (χ4n) is 3.52. The summed E-state index contributed by atoms with van der Waals surface area (Å²) in [5.41, 5.74) is 5.52. The summed E-state index contributed by atoms with van der Waals surface area (Å²) in [6, 6.07) is 16.6. The van der Waals surface area contributed by atoms with Crippen LogP contribution in [-0.4, -0.2) is 55.5 Å². The lowest BCUT2D eigenvalue weighted by Gasteiger charge is -2.18. The Balaban J connectivity index is 2.04. The van der Waals surface area contributed by atoms with Gasteiger partial charge in [0.15, 0.2) is 0 Å². The summed E-state index contributed by atoms with van der Waals surface area (Å²) in [5.74, 6) is -2.50. The number of aliphatic hydroxyl groups is 1. The number of carbonyl (C=O) groups excluding carboxylic acids is 3. The van der Waals surface area contributed by atoms with E-state index in [1.165, 1.54) is 32.0 Å². The molecule has 3 aromatic rings. The topological polar surface area (TPSA) is 189 Å². The first-order valence-corrected chi connectivity index (χ1v) is 13.4. The predicted octanol–water partition coefficient (Wildman–Crippen LogP) is 2.51. The highest BCUT2D eigenvalue weighted by molar-refractivity contribution is 7.86. The van der Waals surface area contributed by atoms with Crippen LogP contribution in [0.2, 0.25) is 0 Å². The number of benzene rings is 3. The third-order valence-electron chi connectivity index (χ3n) is 5.33. The van der Waals surface area contributed by atoms with Crippen molar-refractivity contribution in [3.63, 3.8) is 0 Å². The van der Waals surface area contributed by atoms with Gasteiger partial charge in [-0.1, -0.05) is 24.3 Å². The molecule has 0 radical (unpaired) electrons. The predicted molar refractivity (Wildman–Crippen MR) is 146 cm³/mol. The van der Waals surface area contributed by atoms with Crippen molar-refractivity contribution in [2.75, 3.05) is 18.1 Å². The van der Waals surface area contributed by atoms with E-state index >= 15 is 0 Å². The third kappa shape index (κ3) is 7.97. The molecule has 3 rings (SSSR count). The highest BCUT2D eigenvalue weighted by atomic mass is 32.2. The lowest BCUT2D eigenvalue weighted by Crippen LogP contribution is -2.38. The normalized spacial score (nSPS) is 11.4.